The summed E-state index contributed by atoms with van der Waals surface area (Å²) >= 11 is 0. The number of hydrogen-bond donors (Lipinski definition) is 3. The lowest BCUT2D eigenvalue weighted by Crippen LogP contribution is -2.40. The van der Waals surface area contributed by atoms with Crippen molar-refractivity contribution in [1.82, 2.24) is 10.6 Å². The Kier molecular flexibility index (Phi) is 5.91. The molecule has 1 aromatic rings. The molecular formula is C17H21N3O3. The summed E-state index contributed by atoms with van der Waals surface area (Å²) in [6.07, 6.45) is 5.50. The molecule has 0 saturated heterocycles. The van der Waals surface area contributed by atoms with Gasteiger partial charge in [-0.15, -0.1) is 6.58 Å². The fourth-order valence-electron chi connectivity index (χ4n) is 2.55. The monoisotopic (exact) mass is 315 g/mol. The highest BCUT2D eigenvalue weighted by atomic mass is 16.2. The van der Waals surface area contributed by atoms with Crippen molar-refractivity contribution in [3.8, 4) is 0 Å². The molecule has 2 rings (SSSR count). The molecule has 6 nitrogen and oxygen atoms in total. The molecule has 23 heavy (non-hydrogen) atoms. The van der Waals surface area contributed by atoms with Gasteiger partial charge in [-0.3, -0.25) is 14.4 Å². The molecule has 1 aliphatic carbocycles. The van der Waals surface area contributed by atoms with Crippen LogP contribution in [0.5, 0.6) is 0 Å². The van der Waals surface area contributed by atoms with Crippen LogP contribution in [0.2, 0.25) is 0 Å². The van der Waals surface area contributed by atoms with E-state index >= 15 is 0 Å². The molecule has 3 N–H and O–H groups in total. The van der Waals surface area contributed by atoms with Gasteiger partial charge in [0.15, 0.2) is 0 Å². The largest absolute Gasteiger partial charge is 0.349 e. The molecule has 3 amide bonds. The second-order valence-electron chi connectivity index (χ2n) is 5.45. The van der Waals surface area contributed by atoms with Crippen molar-refractivity contribution in [1.29, 1.82) is 0 Å². The van der Waals surface area contributed by atoms with Crippen LogP contribution in [0.4, 0.5) is 5.69 Å². The predicted octanol–water partition coefficient (Wildman–Crippen LogP) is 1.60. The number of nitrogens with one attached hydrogen (secondary N) is 3. The van der Waals surface area contributed by atoms with E-state index in [2.05, 4.69) is 22.5 Å². The van der Waals surface area contributed by atoms with E-state index in [-0.39, 0.29) is 11.9 Å². The Labute approximate surface area is 135 Å². The maximum atomic E-state index is 12.0. The lowest BCUT2D eigenvalue weighted by atomic mass is 10.1. The summed E-state index contributed by atoms with van der Waals surface area (Å²) in [5.41, 5.74) is 0.608. The van der Waals surface area contributed by atoms with Gasteiger partial charge in [-0.25, -0.2) is 0 Å². The van der Waals surface area contributed by atoms with Crippen molar-refractivity contribution in [2.24, 2.45) is 0 Å². The average molecular weight is 315 g/mol. The third-order valence-corrected chi connectivity index (χ3v) is 3.72. The molecular weight excluding hydrogens is 294 g/mol. The van der Waals surface area contributed by atoms with Crippen LogP contribution in [0.25, 0.3) is 0 Å². The Morgan fingerprint density at radius 1 is 1.13 bits per heavy atom. The Hall–Kier alpha value is -2.63. The van der Waals surface area contributed by atoms with Crippen LogP contribution in [0, 0.1) is 0 Å². The number of carbonyl (C=O) groups is 3. The van der Waals surface area contributed by atoms with Gasteiger partial charge >= 0.3 is 11.8 Å². The summed E-state index contributed by atoms with van der Waals surface area (Å²) in [7, 11) is 0. The van der Waals surface area contributed by atoms with E-state index in [0.717, 1.165) is 25.7 Å². The number of rotatable bonds is 5. The van der Waals surface area contributed by atoms with Crippen molar-refractivity contribution in [3.63, 3.8) is 0 Å². The van der Waals surface area contributed by atoms with E-state index in [1.54, 1.807) is 30.3 Å². The molecule has 0 atom stereocenters. The zero-order valence-electron chi connectivity index (χ0n) is 12.9. The van der Waals surface area contributed by atoms with Crippen molar-refractivity contribution in [2.75, 3.05) is 11.9 Å². The van der Waals surface area contributed by atoms with E-state index in [9.17, 15) is 14.4 Å². The van der Waals surface area contributed by atoms with Gasteiger partial charge in [0, 0.05) is 12.6 Å². The first kappa shape index (κ1) is 16.7. The highest BCUT2D eigenvalue weighted by Crippen LogP contribution is 2.18. The molecule has 1 aliphatic rings. The molecule has 0 heterocycles. The van der Waals surface area contributed by atoms with Crippen molar-refractivity contribution in [3.05, 3.63) is 42.5 Å². The van der Waals surface area contributed by atoms with Crippen molar-refractivity contribution < 1.29 is 14.4 Å². The Morgan fingerprint density at radius 3 is 2.52 bits per heavy atom. The van der Waals surface area contributed by atoms with E-state index in [1.165, 1.54) is 0 Å². The molecule has 6 heteroatoms. The van der Waals surface area contributed by atoms with Gasteiger partial charge in [0.2, 0.25) is 0 Å². The molecule has 0 unspecified atom stereocenters. The fraction of sp³-hybridized carbons (Fsp3) is 0.353. The highest BCUT2D eigenvalue weighted by molar-refractivity contribution is 6.40. The molecule has 1 saturated carbocycles. The van der Waals surface area contributed by atoms with Gasteiger partial charge in [0.1, 0.15) is 0 Å². The van der Waals surface area contributed by atoms with E-state index < -0.39 is 11.8 Å². The summed E-state index contributed by atoms with van der Waals surface area (Å²) in [5.74, 6) is -1.77. The Bertz CT molecular complexity index is 607. The first-order valence-corrected chi connectivity index (χ1v) is 7.71. The van der Waals surface area contributed by atoms with E-state index in [4.69, 9.17) is 0 Å². The third kappa shape index (κ3) is 4.67. The summed E-state index contributed by atoms with van der Waals surface area (Å²) in [6.45, 7) is 3.85. The van der Waals surface area contributed by atoms with Gasteiger partial charge < -0.3 is 16.0 Å². The van der Waals surface area contributed by atoms with Crippen LogP contribution in [-0.2, 0) is 9.59 Å². The van der Waals surface area contributed by atoms with Crippen LogP contribution in [-0.4, -0.2) is 30.3 Å². The SMILES string of the molecule is C=CCNC(=O)c1ccccc1NC(=O)C(=O)NC1CCCC1. The van der Waals surface area contributed by atoms with Crippen molar-refractivity contribution in [2.45, 2.75) is 31.7 Å². The molecule has 0 radical (unpaired) electrons. The maximum absolute atomic E-state index is 12.0. The van der Waals surface area contributed by atoms with E-state index in [0.29, 0.717) is 17.8 Å². The summed E-state index contributed by atoms with van der Waals surface area (Å²) in [5, 5.41) is 7.86. The number of amides is 3. The lowest BCUT2D eigenvalue weighted by Gasteiger charge is -2.13. The Morgan fingerprint density at radius 2 is 1.83 bits per heavy atom. The second-order valence-corrected chi connectivity index (χ2v) is 5.45. The van der Waals surface area contributed by atoms with Crippen LogP contribution in [0.1, 0.15) is 36.0 Å². The third-order valence-electron chi connectivity index (χ3n) is 3.72. The molecule has 0 aliphatic heterocycles. The van der Waals surface area contributed by atoms with Gasteiger partial charge in [-0.1, -0.05) is 31.1 Å². The first-order chi connectivity index (χ1) is 11.1. The molecule has 0 bridgehead atoms. The highest BCUT2D eigenvalue weighted by Gasteiger charge is 2.22. The number of hydrogen-bond acceptors (Lipinski definition) is 3. The normalized spacial score (nSPS) is 14.1. The van der Waals surface area contributed by atoms with Crippen LogP contribution >= 0.6 is 0 Å². The summed E-state index contributed by atoms with van der Waals surface area (Å²) < 4.78 is 0. The van der Waals surface area contributed by atoms with Gasteiger partial charge in [-0.2, -0.15) is 0 Å². The Balaban J connectivity index is 2.01. The van der Waals surface area contributed by atoms with Crippen LogP contribution in [0.15, 0.2) is 36.9 Å². The zero-order chi connectivity index (χ0) is 16.7. The molecule has 0 aromatic heterocycles. The maximum Gasteiger partial charge on any atom is 0.313 e. The van der Waals surface area contributed by atoms with Gasteiger partial charge in [-0.05, 0) is 25.0 Å². The van der Waals surface area contributed by atoms with E-state index in [1.807, 2.05) is 0 Å². The smallest absolute Gasteiger partial charge is 0.313 e. The predicted molar refractivity (Wildman–Crippen MR) is 88.0 cm³/mol. The zero-order valence-corrected chi connectivity index (χ0v) is 12.9. The standard InChI is InChI=1S/C17H21N3O3/c1-2-11-18-15(21)13-9-5-6-10-14(13)20-17(23)16(22)19-12-7-3-4-8-12/h2,5-6,9-10,12H,1,3-4,7-8,11H2,(H,18,21)(H,19,22)(H,20,23). The van der Waals surface area contributed by atoms with Crippen LogP contribution in [0.3, 0.4) is 0 Å². The van der Waals surface area contributed by atoms with Crippen molar-refractivity contribution >= 4 is 23.4 Å². The quantitative estimate of drug-likeness (QED) is 0.570. The minimum atomic E-state index is -0.763. The molecule has 1 aromatic carbocycles. The molecule has 0 spiro atoms. The lowest BCUT2D eigenvalue weighted by molar-refractivity contribution is -0.136. The minimum absolute atomic E-state index is 0.0689. The first-order valence-electron chi connectivity index (χ1n) is 7.71. The van der Waals surface area contributed by atoms with Gasteiger partial charge in [0.25, 0.3) is 5.91 Å². The average Bonchev–Trinajstić information content (AvgIpc) is 3.06. The molecule has 1 fully saturated rings. The molecule has 122 valence electrons. The number of carbonyl (C=O) groups excluding carboxylic acids is 3. The number of benzene rings is 1. The number of para-hydroxylation sites is 1. The summed E-state index contributed by atoms with van der Waals surface area (Å²) in [4.78, 5) is 36.0. The fourth-order valence-corrected chi connectivity index (χ4v) is 2.55. The second kappa shape index (κ2) is 8.12. The summed E-state index contributed by atoms with van der Waals surface area (Å²) in [6, 6.07) is 6.62. The minimum Gasteiger partial charge on any atom is -0.349 e. The number of anilines is 1. The van der Waals surface area contributed by atoms with Gasteiger partial charge in [0.05, 0.1) is 11.3 Å². The topological polar surface area (TPSA) is 87.3 Å². The van der Waals surface area contributed by atoms with Crippen LogP contribution < -0.4 is 16.0 Å².